The zero-order chi connectivity index (χ0) is 18.4. The summed E-state index contributed by atoms with van der Waals surface area (Å²) in [5.74, 6) is 1.85. The fraction of sp³-hybridized carbons (Fsp3) is 0.900. The molecule has 6 nitrogen and oxygen atoms in total. The van der Waals surface area contributed by atoms with Crippen LogP contribution in [-0.2, 0) is 9.53 Å². The molecule has 148 valence electrons. The smallest absolute Gasteiger partial charge is 0.220 e. The average Bonchev–Trinajstić information content (AvgIpc) is 2.99. The highest BCUT2D eigenvalue weighted by molar-refractivity contribution is 5.81. The van der Waals surface area contributed by atoms with Gasteiger partial charge in [-0.3, -0.25) is 9.79 Å². The van der Waals surface area contributed by atoms with Gasteiger partial charge in [0, 0.05) is 38.0 Å². The Balaban J connectivity index is 1.52. The number of likely N-dealkylation sites (tertiary alicyclic amines) is 1. The average molecular weight is 365 g/mol. The number of piperidine rings is 1. The van der Waals surface area contributed by atoms with E-state index >= 15 is 0 Å². The quantitative estimate of drug-likeness (QED) is 0.446. The number of ether oxygens (including phenoxy) is 1. The minimum Gasteiger partial charge on any atom is -0.376 e. The predicted octanol–water partition coefficient (Wildman–Crippen LogP) is 2.15. The number of hydrogen-bond donors (Lipinski definition) is 2. The van der Waals surface area contributed by atoms with Gasteiger partial charge in [0.05, 0.1) is 19.3 Å². The van der Waals surface area contributed by atoms with E-state index in [1.165, 1.54) is 25.7 Å². The van der Waals surface area contributed by atoms with Crippen LogP contribution in [-0.4, -0.2) is 62.2 Å². The number of nitrogens with zero attached hydrogens (tertiary/aromatic N) is 2. The summed E-state index contributed by atoms with van der Waals surface area (Å²) in [6, 6.07) is 0. The minimum absolute atomic E-state index is 0.0968. The molecule has 0 radical (unpaired) electrons. The Labute approximate surface area is 158 Å². The topological polar surface area (TPSA) is 66.0 Å². The molecule has 3 atom stereocenters. The van der Waals surface area contributed by atoms with Crippen molar-refractivity contribution in [1.29, 1.82) is 0 Å². The summed E-state index contributed by atoms with van der Waals surface area (Å²) in [6.07, 6.45) is 8.45. The molecule has 0 aromatic heterocycles. The van der Waals surface area contributed by atoms with Gasteiger partial charge in [-0.15, -0.1) is 0 Å². The third-order valence-electron chi connectivity index (χ3n) is 6.21. The van der Waals surface area contributed by atoms with Crippen LogP contribution in [0.1, 0.15) is 58.8 Å². The lowest BCUT2D eigenvalue weighted by Gasteiger charge is -2.40. The van der Waals surface area contributed by atoms with Crippen LogP contribution in [0.4, 0.5) is 0 Å². The molecule has 3 rings (SSSR count). The SMILES string of the molecule is CCNC(=NCCOC1CCCCC1C)N1CCCC2(CNC(=O)C2)C1. The van der Waals surface area contributed by atoms with Crippen LogP contribution in [0, 0.1) is 11.3 Å². The van der Waals surface area contributed by atoms with Gasteiger partial charge >= 0.3 is 0 Å². The first-order valence-electron chi connectivity index (χ1n) is 10.5. The Morgan fingerprint density at radius 2 is 2.23 bits per heavy atom. The Morgan fingerprint density at radius 1 is 1.38 bits per heavy atom. The molecule has 0 aromatic carbocycles. The molecular formula is C20H36N4O2. The second-order valence-electron chi connectivity index (χ2n) is 8.39. The highest BCUT2D eigenvalue weighted by Gasteiger charge is 2.42. The third-order valence-corrected chi connectivity index (χ3v) is 6.21. The number of nitrogens with one attached hydrogen (secondary N) is 2. The maximum atomic E-state index is 11.7. The van der Waals surface area contributed by atoms with Crippen LogP contribution in [0.2, 0.25) is 0 Å². The molecule has 1 aliphatic carbocycles. The fourth-order valence-electron chi connectivity index (χ4n) is 4.74. The number of rotatable bonds is 5. The van der Waals surface area contributed by atoms with Gasteiger partial charge in [-0.25, -0.2) is 0 Å². The molecule has 3 aliphatic rings. The summed E-state index contributed by atoms with van der Waals surface area (Å²) in [7, 11) is 0. The molecule has 2 aliphatic heterocycles. The molecule has 1 saturated carbocycles. The Bertz CT molecular complexity index is 510. The van der Waals surface area contributed by atoms with Crippen LogP contribution >= 0.6 is 0 Å². The lowest BCUT2D eigenvalue weighted by atomic mass is 9.79. The zero-order valence-electron chi connectivity index (χ0n) is 16.6. The van der Waals surface area contributed by atoms with E-state index in [0.29, 0.717) is 31.6 Å². The van der Waals surface area contributed by atoms with Crippen molar-refractivity contribution in [1.82, 2.24) is 15.5 Å². The fourth-order valence-corrected chi connectivity index (χ4v) is 4.74. The van der Waals surface area contributed by atoms with Gasteiger partial charge in [0.15, 0.2) is 5.96 Å². The summed E-state index contributed by atoms with van der Waals surface area (Å²) in [6.45, 7) is 9.41. The van der Waals surface area contributed by atoms with Crippen molar-refractivity contribution in [3.05, 3.63) is 0 Å². The predicted molar refractivity (Wildman–Crippen MR) is 104 cm³/mol. The number of guanidine groups is 1. The zero-order valence-corrected chi connectivity index (χ0v) is 16.6. The van der Waals surface area contributed by atoms with E-state index in [-0.39, 0.29) is 11.3 Å². The third kappa shape index (κ3) is 4.90. The molecular weight excluding hydrogens is 328 g/mol. The van der Waals surface area contributed by atoms with E-state index in [9.17, 15) is 4.79 Å². The van der Waals surface area contributed by atoms with Crippen molar-refractivity contribution in [2.45, 2.75) is 64.9 Å². The van der Waals surface area contributed by atoms with Crippen LogP contribution in [0.5, 0.6) is 0 Å². The summed E-state index contributed by atoms with van der Waals surface area (Å²) in [4.78, 5) is 18.9. The highest BCUT2D eigenvalue weighted by Crippen LogP contribution is 2.36. The molecule has 26 heavy (non-hydrogen) atoms. The monoisotopic (exact) mass is 364 g/mol. The number of carbonyl (C=O) groups is 1. The van der Waals surface area contributed by atoms with E-state index in [4.69, 9.17) is 9.73 Å². The van der Waals surface area contributed by atoms with Crippen molar-refractivity contribution in [3.63, 3.8) is 0 Å². The highest BCUT2D eigenvalue weighted by atomic mass is 16.5. The Kier molecular flexibility index (Phi) is 6.79. The van der Waals surface area contributed by atoms with E-state index in [1.807, 2.05) is 0 Å². The molecule has 2 saturated heterocycles. The Morgan fingerprint density at radius 3 is 2.96 bits per heavy atom. The van der Waals surface area contributed by atoms with Gasteiger partial charge in [-0.1, -0.05) is 19.8 Å². The van der Waals surface area contributed by atoms with Crippen LogP contribution in [0.25, 0.3) is 0 Å². The number of carbonyl (C=O) groups excluding carboxylic acids is 1. The molecule has 1 spiro atoms. The summed E-state index contributed by atoms with van der Waals surface area (Å²) in [5.41, 5.74) is 0.0968. The van der Waals surface area contributed by atoms with Crippen molar-refractivity contribution in [3.8, 4) is 0 Å². The Hall–Kier alpha value is -1.30. The van der Waals surface area contributed by atoms with Crippen molar-refractivity contribution >= 4 is 11.9 Å². The molecule has 2 heterocycles. The molecule has 0 bridgehead atoms. The molecule has 6 heteroatoms. The first kappa shape index (κ1) is 19.5. The van der Waals surface area contributed by atoms with E-state index in [0.717, 1.165) is 45.0 Å². The summed E-state index contributed by atoms with van der Waals surface area (Å²) < 4.78 is 6.11. The van der Waals surface area contributed by atoms with Gasteiger partial charge < -0.3 is 20.3 Å². The van der Waals surface area contributed by atoms with Gasteiger partial charge in [0.25, 0.3) is 0 Å². The van der Waals surface area contributed by atoms with Crippen LogP contribution in [0.15, 0.2) is 4.99 Å². The second-order valence-corrected chi connectivity index (χ2v) is 8.39. The van der Waals surface area contributed by atoms with Gasteiger partial charge in [0.2, 0.25) is 5.91 Å². The van der Waals surface area contributed by atoms with Gasteiger partial charge in [0.1, 0.15) is 0 Å². The van der Waals surface area contributed by atoms with Crippen molar-refractivity contribution in [2.24, 2.45) is 16.3 Å². The van der Waals surface area contributed by atoms with Crippen molar-refractivity contribution < 1.29 is 9.53 Å². The molecule has 0 aromatic rings. The summed E-state index contributed by atoms with van der Waals surface area (Å²) in [5, 5.41) is 6.45. The van der Waals surface area contributed by atoms with Crippen LogP contribution in [0.3, 0.4) is 0 Å². The van der Waals surface area contributed by atoms with E-state index < -0.39 is 0 Å². The number of amides is 1. The molecule has 1 amide bonds. The number of aliphatic imine (C=N–C) groups is 1. The van der Waals surface area contributed by atoms with Gasteiger partial charge in [-0.05, 0) is 38.5 Å². The molecule has 3 fully saturated rings. The van der Waals surface area contributed by atoms with E-state index in [2.05, 4.69) is 29.4 Å². The normalized spacial score (nSPS) is 32.8. The van der Waals surface area contributed by atoms with Gasteiger partial charge in [-0.2, -0.15) is 0 Å². The molecule has 2 N–H and O–H groups in total. The minimum atomic E-state index is 0.0968. The molecule has 3 unspecified atom stereocenters. The maximum Gasteiger partial charge on any atom is 0.220 e. The summed E-state index contributed by atoms with van der Waals surface area (Å²) >= 11 is 0. The standard InChI is InChI=1S/C20H36N4O2/c1-3-21-19(22-10-12-26-17-8-5-4-7-16(17)2)24-11-6-9-20(15-24)13-18(25)23-14-20/h16-17H,3-15H2,1-2H3,(H,21,22)(H,23,25). The maximum absolute atomic E-state index is 11.7. The largest absolute Gasteiger partial charge is 0.376 e. The van der Waals surface area contributed by atoms with Crippen LogP contribution < -0.4 is 10.6 Å². The first-order chi connectivity index (χ1) is 12.6. The second kappa shape index (κ2) is 9.07. The lowest BCUT2D eigenvalue weighted by Crippen LogP contribution is -2.51. The van der Waals surface area contributed by atoms with Crippen molar-refractivity contribution in [2.75, 3.05) is 39.3 Å². The van der Waals surface area contributed by atoms with E-state index in [1.54, 1.807) is 0 Å². The first-order valence-corrected chi connectivity index (χ1v) is 10.5. The lowest BCUT2D eigenvalue weighted by molar-refractivity contribution is -0.119. The number of hydrogen-bond acceptors (Lipinski definition) is 3.